The Hall–Kier alpha value is -3.02. The lowest BCUT2D eigenvalue weighted by Crippen LogP contribution is -2.02. The van der Waals surface area contributed by atoms with Crippen LogP contribution in [0.1, 0.15) is 11.1 Å². The summed E-state index contributed by atoms with van der Waals surface area (Å²) in [7, 11) is 4.88. The Labute approximate surface area is 200 Å². The number of anilines is 1. The van der Waals surface area contributed by atoms with Gasteiger partial charge < -0.3 is 23.5 Å². The van der Waals surface area contributed by atoms with Crippen molar-refractivity contribution in [3.63, 3.8) is 0 Å². The minimum Gasteiger partial charge on any atom is -0.497 e. The molecule has 0 atom stereocenters. The number of nitrogens with one attached hydrogen (secondary N) is 2. The Balaban J connectivity index is 1.54. The largest absolute Gasteiger partial charge is 0.497 e. The fourth-order valence-corrected chi connectivity index (χ4v) is 4.34. The lowest BCUT2D eigenvalue weighted by atomic mass is 10.1. The van der Waals surface area contributed by atoms with Crippen molar-refractivity contribution in [2.75, 3.05) is 32.3 Å². The number of aromatic nitrogens is 3. The van der Waals surface area contributed by atoms with Crippen molar-refractivity contribution in [1.29, 1.82) is 0 Å². The monoisotopic (exact) mass is 487 g/mol. The molecule has 0 bridgehead atoms. The van der Waals surface area contributed by atoms with Crippen LogP contribution in [-0.4, -0.2) is 42.5 Å². The van der Waals surface area contributed by atoms with Crippen LogP contribution in [0.5, 0.6) is 17.2 Å². The van der Waals surface area contributed by atoms with Gasteiger partial charge in [-0.1, -0.05) is 17.1 Å². The molecule has 0 radical (unpaired) electrons. The van der Waals surface area contributed by atoms with Gasteiger partial charge in [-0.3, -0.25) is 9.40 Å². The Morgan fingerprint density at radius 1 is 1.03 bits per heavy atom. The molecule has 9 nitrogen and oxygen atoms in total. The summed E-state index contributed by atoms with van der Waals surface area (Å²) in [6, 6.07) is 9.55. The summed E-state index contributed by atoms with van der Waals surface area (Å²) in [6.07, 6.45) is 5.88. The van der Waals surface area contributed by atoms with Crippen molar-refractivity contribution in [2.45, 2.75) is 18.0 Å². The zero-order chi connectivity index (χ0) is 23.2. The summed E-state index contributed by atoms with van der Waals surface area (Å²) >= 11 is 2.95. The maximum atomic E-state index is 5.66. The Morgan fingerprint density at radius 3 is 2.64 bits per heavy atom. The molecule has 0 saturated heterocycles. The van der Waals surface area contributed by atoms with E-state index in [4.69, 9.17) is 18.7 Å². The molecule has 0 fully saturated rings. The lowest BCUT2D eigenvalue weighted by Gasteiger charge is -2.10. The normalized spacial score (nSPS) is 11.0. The SMILES string of the molecule is COc1ccc(SNc2noc3cc(Cn4cc(CNSC)cn4)cc(OC)c23)c(OC)c1. The summed E-state index contributed by atoms with van der Waals surface area (Å²) in [4.78, 5) is 0.885. The van der Waals surface area contributed by atoms with E-state index in [9.17, 15) is 0 Å². The van der Waals surface area contributed by atoms with Crippen LogP contribution in [0.25, 0.3) is 11.0 Å². The predicted octanol–water partition coefficient (Wildman–Crippen LogP) is 4.59. The number of methoxy groups -OCH3 is 3. The van der Waals surface area contributed by atoms with E-state index in [1.165, 1.54) is 11.9 Å². The van der Waals surface area contributed by atoms with E-state index < -0.39 is 0 Å². The minimum atomic E-state index is 0.570. The van der Waals surface area contributed by atoms with Crippen LogP contribution in [0.3, 0.4) is 0 Å². The third-order valence-electron chi connectivity index (χ3n) is 4.90. The van der Waals surface area contributed by atoms with Gasteiger partial charge in [0.1, 0.15) is 22.6 Å². The van der Waals surface area contributed by atoms with Crippen LogP contribution < -0.4 is 23.7 Å². The van der Waals surface area contributed by atoms with Gasteiger partial charge in [0.25, 0.3) is 0 Å². The quantitative estimate of drug-likeness (QED) is 0.293. The second kappa shape index (κ2) is 10.7. The molecule has 174 valence electrons. The lowest BCUT2D eigenvalue weighted by molar-refractivity contribution is 0.387. The Morgan fingerprint density at radius 2 is 1.88 bits per heavy atom. The molecule has 0 aliphatic rings. The third-order valence-corrected chi connectivity index (χ3v) is 6.18. The smallest absolute Gasteiger partial charge is 0.191 e. The molecular weight excluding hydrogens is 462 g/mol. The van der Waals surface area contributed by atoms with Crippen LogP contribution in [0.2, 0.25) is 0 Å². The van der Waals surface area contributed by atoms with Gasteiger partial charge >= 0.3 is 0 Å². The average molecular weight is 488 g/mol. The third kappa shape index (κ3) is 5.32. The molecule has 2 aromatic heterocycles. The molecule has 2 heterocycles. The van der Waals surface area contributed by atoms with E-state index in [0.29, 0.717) is 29.4 Å². The highest BCUT2D eigenvalue weighted by Crippen LogP contribution is 2.38. The van der Waals surface area contributed by atoms with Crippen LogP contribution in [0.4, 0.5) is 5.82 Å². The first-order valence-corrected chi connectivity index (χ1v) is 12.1. The molecule has 4 aromatic rings. The molecule has 0 aliphatic heterocycles. The molecule has 0 saturated carbocycles. The van der Waals surface area contributed by atoms with Crippen LogP contribution in [0, 0.1) is 0 Å². The fraction of sp³-hybridized carbons (Fsp3) is 0.273. The van der Waals surface area contributed by atoms with E-state index in [0.717, 1.165) is 33.7 Å². The van der Waals surface area contributed by atoms with E-state index >= 15 is 0 Å². The number of nitrogens with zero attached hydrogens (tertiary/aromatic N) is 3. The Bertz CT molecular complexity index is 1230. The van der Waals surface area contributed by atoms with E-state index in [-0.39, 0.29) is 0 Å². The van der Waals surface area contributed by atoms with E-state index in [1.54, 1.807) is 33.3 Å². The molecule has 2 N–H and O–H groups in total. The average Bonchev–Trinajstić information content (AvgIpc) is 3.47. The molecule has 4 rings (SSSR count). The first-order valence-electron chi connectivity index (χ1n) is 10.0. The minimum absolute atomic E-state index is 0.570. The van der Waals surface area contributed by atoms with E-state index in [1.807, 2.05) is 53.7 Å². The zero-order valence-electron chi connectivity index (χ0n) is 18.7. The van der Waals surface area contributed by atoms with Crippen molar-refractivity contribution in [3.05, 3.63) is 53.9 Å². The van der Waals surface area contributed by atoms with Gasteiger partial charge in [-0.05, 0) is 48.0 Å². The van der Waals surface area contributed by atoms with Crippen LogP contribution in [-0.2, 0) is 13.1 Å². The van der Waals surface area contributed by atoms with Gasteiger partial charge in [0.2, 0.25) is 0 Å². The summed E-state index contributed by atoms with van der Waals surface area (Å²) in [5.74, 6) is 2.66. The molecule has 33 heavy (non-hydrogen) atoms. The highest BCUT2D eigenvalue weighted by atomic mass is 32.2. The van der Waals surface area contributed by atoms with Gasteiger partial charge in [0, 0.05) is 24.4 Å². The first-order chi connectivity index (χ1) is 16.1. The van der Waals surface area contributed by atoms with Gasteiger partial charge in [-0.2, -0.15) is 5.10 Å². The van der Waals surface area contributed by atoms with Crippen molar-refractivity contribution in [1.82, 2.24) is 19.7 Å². The number of hydrogen-bond acceptors (Lipinski definition) is 10. The molecule has 0 amide bonds. The van der Waals surface area contributed by atoms with Crippen LogP contribution in [0.15, 0.2) is 52.1 Å². The van der Waals surface area contributed by atoms with Crippen molar-refractivity contribution >= 4 is 40.7 Å². The first kappa shape index (κ1) is 23.1. The zero-order valence-corrected chi connectivity index (χ0v) is 20.4. The Kier molecular flexibility index (Phi) is 7.53. The molecule has 2 aromatic carbocycles. The summed E-state index contributed by atoms with van der Waals surface area (Å²) < 4.78 is 30.3. The highest BCUT2D eigenvalue weighted by molar-refractivity contribution is 8.00. The molecule has 0 aliphatic carbocycles. The number of fused-ring (bicyclic) bond motifs is 1. The molecule has 11 heteroatoms. The van der Waals surface area contributed by atoms with Gasteiger partial charge in [-0.15, -0.1) is 0 Å². The number of ether oxygens (including phenoxy) is 3. The standard InChI is InChI=1S/C22H25N5O4S2/c1-28-16-5-6-20(17(9-16)29-2)33-26-22-21-18(30-3)7-14(8-19(21)31-25-22)12-27-13-15(10-23-27)11-24-32-4/h5-10,13,24H,11-12H2,1-4H3,(H,25,26). The number of rotatable bonds is 11. The summed E-state index contributed by atoms with van der Waals surface area (Å²) in [5, 5.41) is 9.42. The van der Waals surface area contributed by atoms with Crippen molar-refractivity contribution in [3.8, 4) is 17.2 Å². The summed E-state index contributed by atoms with van der Waals surface area (Å²) in [6.45, 7) is 1.35. The topological polar surface area (TPSA) is 95.6 Å². The van der Waals surface area contributed by atoms with Gasteiger partial charge in [-0.25, -0.2) is 0 Å². The van der Waals surface area contributed by atoms with E-state index in [2.05, 4.69) is 19.7 Å². The van der Waals surface area contributed by atoms with Crippen LogP contribution >= 0.6 is 23.9 Å². The summed E-state index contributed by atoms with van der Waals surface area (Å²) in [5.41, 5.74) is 2.75. The maximum absolute atomic E-state index is 5.66. The highest BCUT2D eigenvalue weighted by Gasteiger charge is 2.17. The molecule has 0 spiro atoms. The van der Waals surface area contributed by atoms with Crippen molar-refractivity contribution in [2.24, 2.45) is 0 Å². The number of benzene rings is 2. The van der Waals surface area contributed by atoms with Gasteiger partial charge in [0.05, 0.1) is 39.0 Å². The molecular formula is C22H25N5O4S2. The second-order valence-corrected chi connectivity index (χ2v) is 8.54. The van der Waals surface area contributed by atoms with Crippen molar-refractivity contribution < 1.29 is 18.7 Å². The second-order valence-electron chi connectivity index (χ2n) is 6.99. The predicted molar refractivity (Wildman–Crippen MR) is 131 cm³/mol. The number of hydrogen-bond donors (Lipinski definition) is 2. The molecule has 0 unspecified atom stereocenters. The maximum Gasteiger partial charge on any atom is 0.191 e. The van der Waals surface area contributed by atoms with Gasteiger partial charge in [0.15, 0.2) is 11.4 Å². The fourth-order valence-electron chi connectivity index (χ4n) is 3.30.